The first-order valence-corrected chi connectivity index (χ1v) is 8.56. The molecule has 0 saturated carbocycles. The molecule has 138 valence electrons. The fraction of sp³-hybridized carbons (Fsp3) is 0.368. The highest BCUT2D eigenvalue weighted by Crippen LogP contribution is 2.12. The highest BCUT2D eigenvalue weighted by Gasteiger charge is 2.21. The molecule has 1 N–H and O–H groups in total. The molecule has 2 rings (SSSR count). The van der Waals surface area contributed by atoms with Gasteiger partial charge in [-0.15, -0.1) is 0 Å². The molecule has 1 aromatic heterocycles. The first kappa shape index (κ1) is 19.4. The van der Waals surface area contributed by atoms with Crippen molar-refractivity contribution in [3.8, 4) is 0 Å². The van der Waals surface area contributed by atoms with Crippen molar-refractivity contribution >= 4 is 17.7 Å². The summed E-state index contributed by atoms with van der Waals surface area (Å²) < 4.78 is 5.80. The second-order valence-corrected chi connectivity index (χ2v) is 5.83. The van der Waals surface area contributed by atoms with Gasteiger partial charge < -0.3 is 9.72 Å². The first-order chi connectivity index (χ1) is 12.5. The van der Waals surface area contributed by atoms with Crippen LogP contribution in [0.25, 0.3) is 0 Å². The van der Waals surface area contributed by atoms with Gasteiger partial charge in [0.25, 0.3) is 5.91 Å². The molecular formula is C19H22N2O5. The lowest BCUT2D eigenvalue weighted by molar-refractivity contribution is -0.143. The third-order valence-corrected chi connectivity index (χ3v) is 3.97. The number of esters is 1. The average molecular weight is 358 g/mol. The van der Waals surface area contributed by atoms with Crippen LogP contribution in [-0.2, 0) is 9.53 Å². The molecule has 0 bridgehead atoms. The number of unbranched alkanes of at least 4 members (excludes halogenated alkanes) is 1. The number of hydrogen-bond acceptors (Lipinski definition) is 5. The van der Waals surface area contributed by atoms with Crippen molar-refractivity contribution in [3.63, 3.8) is 0 Å². The summed E-state index contributed by atoms with van der Waals surface area (Å²) in [7, 11) is 0. The third-order valence-electron chi connectivity index (χ3n) is 3.97. The molecule has 7 heteroatoms. The zero-order chi connectivity index (χ0) is 19.1. The Balaban J connectivity index is 2.05. The van der Waals surface area contributed by atoms with Crippen molar-refractivity contribution in [2.75, 3.05) is 6.61 Å². The van der Waals surface area contributed by atoms with E-state index in [9.17, 15) is 19.2 Å². The predicted octanol–water partition coefficient (Wildman–Crippen LogP) is 2.48. The van der Waals surface area contributed by atoms with Crippen LogP contribution in [0.2, 0.25) is 0 Å². The van der Waals surface area contributed by atoms with E-state index in [1.54, 1.807) is 44.2 Å². The number of H-pyrrole nitrogens is 1. The largest absolute Gasteiger partial charge is 0.466 e. The highest BCUT2D eigenvalue weighted by atomic mass is 16.5. The van der Waals surface area contributed by atoms with E-state index in [1.807, 2.05) is 0 Å². The molecule has 7 nitrogen and oxygen atoms in total. The molecule has 0 spiro atoms. The second kappa shape index (κ2) is 8.94. The molecule has 0 saturated heterocycles. The Bertz CT molecular complexity index is 849. The lowest BCUT2D eigenvalue weighted by atomic mass is 10.1. The van der Waals surface area contributed by atoms with Crippen LogP contribution in [0.4, 0.5) is 0 Å². The fourth-order valence-corrected chi connectivity index (χ4v) is 2.66. The Kier molecular flexibility index (Phi) is 6.66. The minimum absolute atomic E-state index is 0.135. The van der Waals surface area contributed by atoms with E-state index in [0.29, 0.717) is 30.7 Å². The average Bonchev–Trinajstić information content (AvgIpc) is 2.93. The number of benzene rings is 1. The summed E-state index contributed by atoms with van der Waals surface area (Å²) in [6.45, 7) is 3.63. The van der Waals surface area contributed by atoms with Crippen molar-refractivity contribution in [2.24, 2.45) is 0 Å². The van der Waals surface area contributed by atoms with E-state index in [1.165, 1.54) is 0 Å². The minimum atomic E-state index is -0.633. The van der Waals surface area contributed by atoms with E-state index in [4.69, 9.17) is 4.74 Å². The minimum Gasteiger partial charge on any atom is -0.466 e. The quantitative estimate of drug-likeness (QED) is 0.444. The van der Waals surface area contributed by atoms with Gasteiger partial charge >= 0.3 is 11.7 Å². The predicted molar refractivity (Wildman–Crippen MR) is 95.4 cm³/mol. The van der Waals surface area contributed by atoms with Gasteiger partial charge in [-0.3, -0.25) is 14.4 Å². The van der Waals surface area contributed by atoms with Crippen molar-refractivity contribution in [3.05, 3.63) is 57.8 Å². The van der Waals surface area contributed by atoms with Gasteiger partial charge in [-0.25, -0.2) is 9.36 Å². The van der Waals surface area contributed by atoms with Crippen LogP contribution in [-0.4, -0.2) is 33.8 Å². The molecule has 2 aromatic rings. The molecule has 0 atom stereocenters. The van der Waals surface area contributed by atoms with Gasteiger partial charge in [-0.05, 0) is 38.8 Å². The number of hydrogen-bond donors (Lipinski definition) is 1. The molecule has 26 heavy (non-hydrogen) atoms. The Morgan fingerprint density at radius 2 is 1.73 bits per heavy atom. The summed E-state index contributed by atoms with van der Waals surface area (Å²) in [5.41, 5.74) is 0.158. The lowest BCUT2D eigenvalue weighted by Crippen LogP contribution is -2.25. The van der Waals surface area contributed by atoms with Crippen LogP contribution >= 0.6 is 0 Å². The number of rotatable bonds is 8. The Labute approximate surface area is 151 Å². The summed E-state index contributed by atoms with van der Waals surface area (Å²) in [5, 5.41) is 0. The number of nitrogens with one attached hydrogen (secondary N) is 1. The number of Topliss-reactive ketones (excluding diaryl/α,β-unsaturated/α-hetero) is 1. The zero-order valence-electron chi connectivity index (χ0n) is 14.9. The summed E-state index contributed by atoms with van der Waals surface area (Å²) in [6.07, 6.45) is 1.46. The van der Waals surface area contributed by atoms with Crippen molar-refractivity contribution in [2.45, 2.75) is 39.5 Å². The molecule has 0 aliphatic heterocycles. The van der Waals surface area contributed by atoms with E-state index >= 15 is 0 Å². The van der Waals surface area contributed by atoms with Gasteiger partial charge in [-0.2, -0.15) is 0 Å². The number of carbonyl (C=O) groups excluding carboxylic acids is 3. The van der Waals surface area contributed by atoms with Gasteiger partial charge in [0.2, 0.25) is 0 Å². The van der Waals surface area contributed by atoms with Crippen molar-refractivity contribution < 1.29 is 19.1 Å². The third kappa shape index (κ3) is 4.56. The molecule has 0 fully saturated rings. The van der Waals surface area contributed by atoms with Crippen LogP contribution in [0.15, 0.2) is 35.1 Å². The molecular weight excluding hydrogens is 336 g/mol. The summed E-state index contributed by atoms with van der Waals surface area (Å²) >= 11 is 0. The monoisotopic (exact) mass is 358 g/mol. The number of carbonyl (C=O) groups is 3. The van der Waals surface area contributed by atoms with E-state index < -0.39 is 11.6 Å². The van der Waals surface area contributed by atoms with Crippen molar-refractivity contribution in [1.29, 1.82) is 0 Å². The first-order valence-electron chi connectivity index (χ1n) is 8.56. The fourth-order valence-electron chi connectivity index (χ4n) is 2.66. The van der Waals surface area contributed by atoms with Crippen LogP contribution in [0.1, 0.15) is 59.1 Å². The van der Waals surface area contributed by atoms with Crippen LogP contribution < -0.4 is 5.69 Å². The van der Waals surface area contributed by atoms with Gasteiger partial charge in [0.05, 0.1) is 12.3 Å². The molecule has 0 radical (unpaired) electrons. The van der Waals surface area contributed by atoms with E-state index in [2.05, 4.69) is 4.98 Å². The molecule has 0 aliphatic rings. The number of ether oxygens (including phenoxy) is 1. The zero-order valence-corrected chi connectivity index (χ0v) is 14.9. The smallest absolute Gasteiger partial charge is 0.333 e. The van der Waals surface area contributed by atoms with Gasteiger partial charge in [0.1, 0.15) is 5.69 Å². The van der Waals surface area contributed by atoms with Gasteiger partial charge in [0.15, 0.2) is 5.78 Å². The van der Waals surface area contributed by atoms with Gasteiger partial charge in [0, 0.05) is 18.4 Å². The molecule has 0 aliphatic carbocycles. The second-order valence-electron chi connectivity index (χ2n) is 5.83. The number of nitrogens with zero attached hydrogens (tertiary/aromatic N) is 1. The van der Waals surface area contributed by atoms with Crippen molar-refractivity contribution in [1.82, 2.24) is 9.55 Å². The van der Waals surface area contributed by atoms with E-state index in [0.717, 1.165) is 4.57 Å². The Hall–Kier alpha value is -2.96. The topological polar surface area (TPSA) is 98.2 Å². The molecule has 0 unspecified atom stereocenters. The number of ketones is 1. The maximum atomic E-state index is 12.5. The highest BCUT2D eigenvalue weighted by molar-refractivity contribution is 6.00. The van der Waals surface area contributed by atoms with Crippen LogP contribution in [0, 0.1) is 6.92 Å². The number of aromatic nitrogens is 2. The SMILES string of the molecule is CCOC(=O)CCCCC(=O)c1[nH]c(=O)n(C(=O)c2ccccc2)c1C. The summed E-state index contributed by atoms with van der Waals surface area (Å²) in [4.78, 5) is 50.7. The number of imidazole rings is 1. The van der Waals surface area contributed by atoms with Crippen LogP contribution in [0.3, 0.4) is 0 Å². The standard InChI is InChI=1S/C19H22N2O5/c1-3-26-16(23)12-8-7-11-15(22)17-13(2)21(19(25)20-17)18(24)14-9-5-4-6-10-14/h4-6,9-10H,3,7-8,11-12H2,1-2H3,(H,20,25). The van der Waals surface area contributed by atoms with Crippen LogP contribution in [0.5, 0.6) is 0 Å². The maximum Gasteiger partial charge on any atom is 0.333 e. The van der Waals surface area contributed by atoms with E-state index in [-0.39, 0.29) is 30.3 Å². The normalized spacial score (nSPS) is 10.5. The Morgan fingerprint density at radius 1 is 1.08 bits per heavy atom. The molecule has 1 heterocycles. The lowest BCUT2D eigenvalue weighted by Gasteiger charge is -2.04. The molecule has 0 amide bonds. The maximum absolute atomic E-state index is 12.5. The Morgan fingerprint density at radius 3 is 2.38 bits per heavy atom. The summed E-state index contributed by atoms with van der Waals surface area (Å²) in [6, 6.07) is 8.40. The van der Waals surface area contributed by atoms with Gasteiger partial charge in [-0.1, -0.05) is 18.2 Å². The summed E-state index contributed by atoms with van der Waals surface area (Å²) in [5.74, 6) is -1.03. The number of aromatic amines is 1. The molecule has 1 aromatic carbocycles.